The van der Waals surface area contributed by atoms with E-state index in [0.717, 1.165) is 11.1 Å². The van der Waals surface area contributed by atoms with Gasteiger partial charge in [0.2, 0.25) is 0 Å². The summed E-state index contributed by atoms with van der Waals surface area (Å²) in [4.78, 5) is 23.7. The third-order valence-electron chi connectivity index (χ3n) is 3.51. The number of carbonyl (C=O) groups is 2. The van der Waals surface area contributed by atoms with Crippen molar-refractivity contribution < 1.29 is 14.7 Å². The Morgan fingerprint density at radius 1 is 1.09 bits per heavy atom. The number of carbonyl (C=O) groups excluding carboxylic acids is 2. The van der Waals surface area contributed by atoms with Gasteiger partial charge in [-0.15, -0.1) is 0 Å². The molecule has 0 unspecified atom stereocenters. The molecule has 0 bridgehead atoms. The molecule has 0 spiro atoms. The van der Waals surface area contributed by atoms with Crippen LogP contribution in [-0.4, -0.2) is 30.5 Å². The van der Waals surface area contributed by atoms with E-state index in [-0.39, 0.29) is 23.1 Å². The van der Waals surface area contributed by atoms with Gasteiger partial charge < -0.3 is 15.7 Å². The molecule has 5 nitrogen and oxygen atoms in total. The lowest BCUT2D eigenvalue weighted by atomic mass is 10.1. The fourth-order valence-corrected chi connectivity index (χ4v) is 2.26. The topological polar surface area (TPSA) is 78.4 Å². The smallest absolute Gasteiger partial charge is 0.255 e. The van der Waals surface area contributed by atoms with Gasteiger partial charge >= 0.3 is 0 Å². The first-order valence-corrected chi connectivity index (χ1v) is 7.40. The predicted octanol–water partition coefficient (Wildman–Crippen LogP) is 2.03. The Morgan fingerprint density at radius 2 is 1.87 bits per heavy atom. The molecule has 0 saturated carbocycles. The molecule has 0 aliphatic carbocycles. The number of amides is 2. The van der Waals surface area contributed by atoms with E-state index in [4.69, 9.17) is 0 Å². The average Bonchev–Trinajstić information content (AvgIpc) is 2.56. The average molecular weight is 312 g/mol. The first kappa shape index (κ1) is 16.5. The zero-order valence-electron chi connectivity index (χ0n) is 13.2. The van der Waals surface area contributed by atoms with Crippen LogP contribution in [-0.2, 0) is 6.42 Å². The second-order valence-corrected chi connectivity index (χ2v) is 5.31. The Labute approximate surface area is 135 Å². The molecule has 2 rings (SSSR count). The van der Waals surface area contributed by atoms with Gasteiger partial charge in [-0.2, -0.15) is 0 Å². The highest BCUT2D eigenvalue weighted by atomic mass is 16.3. The van der Waals surface area contributed by atoms with E-state index in [1.165, 1.54) is 6.07 Å². The van der Waals surface area contributed by atoms with E-state index in [1.54, 1.807) is 31.3 Å². The first-order valence-electron chi connectivity index (χ1n) is 7.40. The summed E-state index contributed by atoms with van der Waals surface area (Å²) in [6.07, 6.45) is 0.600. The zero-order valence-corrected chi connectivity index (χ0v) is 13.2. The molecule has 23 heavy (non-hydrogen) atoms. The van der Waals surface area contributed by atoms with Crippen molar-refractivity contribution in [3.63, 3.8) is 0 Å². The second-order valence-electron chi connectivity index (χ2n) is 5.31. The van der Waals surface area contributed by atoms with Crippen LogP contribution in [0.2, 0.25) is 0 Å². The Kier molecular flexibility index (Phi) is 5.36. The van der Waals surface area contributed by atoms with Gasteiger partial charge in [0.1, 0.15) is 5.75 Å². The summed E-state index contributed by atoms with van der Waals surface area (Å²) in [6, 6.07) is 12.2. The lowest BCUT2D eigenvalue weighted by molar-refractivity contribution is 0.0946. The lowest BCUT2D eigenvalue weighted by Gasteiger charge is -2.08. The number of benzene rings is 2. The van der Waals surface area contributed by atoms with Crippen LogP contribution in [0.15, 0.2) is 42.5 Å². The molecule has 0 heterocycles. The van der Waals surface area contributed by atoms with Crippen LogP contribution in [0.25, 0.3) is 0 Å². The van der Waals surface area contributed by atoms with Gasteiger partial charge in [0, 0.05) is 19.2 Å². The highest BCUT2D eigenvalue weighted by Crippen LogP contribution is 2.17. The van der Waals surface area contributed by atoms with Crippen molar-refractivity contribution in [3.05, 3.63) is 64.7 Å². The SMILES string of the molecule is CNC(=O)c1cccc(CCNC(=O)c2cc(C)ccc2O)c1. The number of nitrogens with one attached hydrogen (secondary N) is 2. The summed E-state index contributed by atoms with van der Waals surface area (Å²) in [7, 11) is 1.59. The lowest BCUT2D eigenvalue weighted by Crippen LogP contribution is -2.26. The molecule has 3 N–H and O–H groups in total. The van der Waals surface area contributed by atoms with Crippen LogP contribution < -0.4 is 10.6 Å². The highest BCUT2D eigenvalue weighted by Gasteiger charge is 2.11. The number of aromatic hydroxyl groups is 1. The summed E-state index contributed by atoms with van der Waals surface area (Å²) in [5.41, 5.74) is 2.72. The van der Waals surface area contributed by atoms with Crippen molar-refractivity contribution in [1.29, 1.82) is 0 Å². The molecular formula is C18H20N2O3. The van der Waals surface area contributed by atoms with Crippen molar-refractivity contribution in [1.82, 2.24) is 10.6 Å². The van der Waals surface area contributed by atoms with Crippen LogP contribution in [0.5, 0.6) is 5.75 Å². The van der Waals surface area contributed by atoms with Crippen LogP contribution >= 0.6 is 0 Å². The van der Waals surface area contributed by atoms with Gasteiger partial charge in [-0.3, -0.25) is 9.59 Å². The number of phenols is 1. The molecule has 2 amide bonds. The van der Waals surface area contributed by atoms with Crippen LogP contribution in [0.3, 0.4) is 0 Å². The molecule has 0 aliphatic heterocycles. The molecule has 2 aromatic rings. The quantitative estimate of drug-likeness (QED) is 0.790. The Hall–Kier alpha value is -2.82. The third-order valence-corrected chi connectivity index (χ3v) is 3.51. The van der Waals surface area contributed by atoms with Crippen LogP contribution in [0.1, 0.15) is 31.8 Å². The predicted molar refractivity (Wildman–Crippen MR) is 88.7 cm³/mol. The maximum Gasteiger partial charge on any atom is 0.255 e. The molecule has 2 aromatic carbocycles. The molecule has 0 aliphatic rings. The van der Waals surface area contributed by atoms with E-state index < -0.39 is 0 Å². The maximum absolute atomic E-state index is 12.1. The van der Waals surface area contributed by atoms with E-state index in [9.17, 15) is 14.7 Å². The largest absolute Gasteiger partial charge is 0.507 e. The van der Waals surface area contributed by atoms with Crippen molar-refractivity contribution in [3.8, 4) is 5.75 Å². The van der Waals surface area contributed by atoms with Gasteiger partial charge in [0.05, 0.1) is 5.56 Å². The van der Waals surface area contributed by atoms with E-state index >= 15 is 0 Å². The zero-order chi connectivity index (χ0) is 16.8. The van der Waals surface area contributed by atoms with E-state index in [0.29, 0.717) is 18.5 Å². The van der Waals surface area contributed by atoms with Crippen molar-refractivity contribution in [2.24, 2.45) is 0 Å². The fraction of sp³-hybridized carbons (Fsp3) is 0.222. The minimum absolute atomic E-state index is 0.0327. The minimum Gasteiger partial charge on any atom is -0.507 e. The molecule has 0 fully saturated rings. The Bertz CT molecular complexity index is 726. The third kappa shape index (κ3) is 4.32. The fourth-order valence-electron chi connectivity index (χ4n) is 2.26. The standard InChI is InChI=1S/C18H20N2O3/c1-12-6-7-16(21)15(10-12)18(23)20-9-8-13-4-3-5-14(11-13)17(22)19-2/h3-7,10-11,21H,8-9H2,1-2H3,(H,19,22)(H,20,23). The summed E-state index contributed by atoms with van der Waals surface area (Å²) < 4.78 is 0. The molecular weight excluding hydrogens is 292 g/mol. The maximum atomic E-state index is 12.1. The molecule has 5 heteroatoms. The second kappa shape index (κ2) is 7.45. The molecule has 0 radical (unpaired) electrons. The first-order chi connectivity index (χ1) is 11.0. The molecule has 0 aromatic heterocycles. The van der Waals surface area contributed by atoms with Crippen molar-refractivity contribution in [2.75, 3.05) is 13.6 Å². The molecule has 0 atom stereocenters. The number of hydrogen-bond acceptors (Lipinski definition) is 3. The van der Waals surface area contributed by atoms with Gasteiger partial charge in [-0.05, 0) is 43.2 Å². The number of aryl methyl sites for hydroxylation is 1. The molecule has 120 valence electrons. The van der Waals surface area contributed by atoms with Crippen molar-refractivity contribution in [2.45, 2.75) is 13.3 Å². The van der Waals surface area contributed by atoms with Crippen molar-refractivity contribution >= 4 is 11.8 Å². The number of rotatable bonds is 5. The number of phenolic OH excluding ortho intramolecular Hbond substituents is 1. The highest BCUT2D eigenvalue weighted by molar-refractivity contribution is 5.97. The van der Waals surface area contributed by atoms with Gasteiger partial charge in [0.25, 0.3) is 11.8 Å². The van der Waals surface area contributed by atoms with Crippen LogP contribution in [0.4, 0.5) is 0 Å². The van der Waals surface area contributed by atoms with Gasteiger partial charge in [0.15, 0.2) is 0 Å². The summed E-state index contributed by atoms with van der Waals surface area (Å²) in [5.74, 6) is -0.482. The van der Waals surface area contributed by atoms with Crippen LogP contribution in [0, 0.1) is 6.92 Å². The minimum atomic E-state index is -0.311. The van der Waals surface area contributed by atoms with E-state index in [1.807, 2.05) is 19.1 Å². The van der Waals surface area contributed by atoms with Gasteiger partial charge in [-0.25, -0.2) is 0 Å². The van der Waals surface area contributed by atoms with Gasteiger partial charge in [-0.1, -0.05) is 23.8 Å². The van der Waals surface area contributed by atoms with E-state index in [2.05, 4.69) is 10.6 Å². The molecule has 0 saturated heterocycles. The number of hydrogen-bond donors (Lipinski definition) is 3. The normalized spacial score (nSPS) is 10.2. The Balaban J connectivity index is 1.96. The summed E-state index contributed by atoms with van der Waals surface area (Å²) >= 11 is 0. The summed E-state index contributed by atoms with van der Waals surface area (Å²) in [6.45, 7) is 2.28. The Morgan fingerprint density at radius 3 is 2.61 bits per heavy atom. The monoisotopic (exact) mass is 312 g/mol. The summed E-state index contributed by atoms with van der Waals surface area (Å²) in [5, 5.41) is 15.1.